The molecule has 1 aliphatic heterocycles. The number of hydrogen-bond acceptors (Lipinski definition) is 5. The van der Waals surface area contributed by atoms with Gasteiger partial charge in [-0.15, -0.1) is 0 Å². The molecule has 0 spiro atoms. The highest BCUT2D eigenvalue weighted by Gasteiger charge is 2.39. The topological polar surface area (TPSA) is 110 Å². The number of aliphatic carboxylic acids is 1. The molecule has 114 valence electrons. The van der Waals surface area contributed by atoms with E-state index in [1.54, 1.807) is 4.90 Å². The first-order valence-corrected chi connectivity index (χ1v) is 7.58. The third-order valence-electron chi connectivity index (χ3n) is 3.13. The number of nitrogens with zero attached hydrogens (tertiary/aromatic N) is 1. The van der Waals surface area contributed by atoms with Gasteiger partial charge in [-0.25, -0.2) is 0 Å². The van der Waals surface area contributed by atoms with Crippen molar-refractivity contribution in [1.82, 2.24) is 4.90 Å². The third-order valence-corrected chi connectivity index (χ3v) is 4.12. The summed E-state index contributed by atoms with van der Waals surface area (Å²) in [6.07, 6.45) is 0.259. The van der Waals surface area contributed by atoms with Crippen molar-refractivity contribution in [2.75, 3.05) is 31.3 Å². The van der Waals surface area contributed by atoms with Gasteiger partial charge in [0.25, 0.3) is 0 Å². The molecule has 2 unspecified atom stereocenters. The number of hydrogen-bond donors (Lipinski definition) is 2. The Balaban J connectivity index is 2.50. The number of nitrogens with two attached hydrogens (primary N) is 1. The molecule has 0 saturated carbocycles. The summed E-state index contributed by atoms with van der Waals surface area (Å²) in [5.74, 6) is -1.47. The summed E-state index contributed by atoms with van der Waals surface area (Å²) in [4.78, 5) is 35.4. The Kier molecular flexibility index (Phi) is 6.80. The molecule has 2 atom stereocenters. The fourth-order valence-corrected chi connectivity index (χ4v) is 2.82. The summed E-state index contributed by atoms with van der Waals surface area (Å²) in [5, 5.41) is 9.11. The maximum absolute atomic E-state index is 12.1. The summed E-state index contributed by atoms with van der Waals surface area (Å²) in [5.41, 5.74) is 5.01. The molecule has 0 bridgehead atoms. The van der Waals surface area contributed by atoms with Gasteiger partial charge in [-0.05, 0) is 6.92 Å². The number of primary amides is 1. The number of carbonyl (C=O) groups excluding carboxylic acids is 2. The fourth-order valence-electron chi connectivity index (χ4n) is 2.16. The van der Waals surface area contributed by atoms with Crippen LogP contribution in [-0.2, 0) is 19.1 Å². The zero-order valence-electron chi connectivity index (χ0n) is 11.4. The van der Waals surface area contributed by atoms with Crippen LogP contribution in [0, 0.1) is 5.92 Å². The van der Waals surface area contributed by atoms with Crippen molar-refractivity contribution < 1.29 is 24.2 Å². The van der Waals surface area contributed by atoms with Gasteiger partial charge in [0.2, 0.25) is 11.8 Å². The van der Waals surface area contributed by atoms with Crippen LogP contribution in [0.15, 0.2) is 0 Å². The minimum Gasteiger partial charge on any atom is -0.481 e. The van der Waals surface area contributed by atoms with E-state index in [2.05, 4.69) is 0 Å². The molecular formula is C12H20N2O5S. The van der Waals surface area contributed by atoms with Crippen LogP contribution in [0.5, 0.6) is 0 Å². The maximum Gasteiger partial charge on any atom is 0.311 e. The molecule has 20 heavy (non-hydrogen) atoms. The number of thioether (sulfide) groups is 1. The molecule has 0 aromatic rings. The van der Waals surface area contributed by atoms with Crippen LogP contribution in [0.25, 0.3) is 0 Å². The van der Waals surface area contributed by atoms with Crippen molar-refractivity contribution in [3.05, 3.63) is 0 Å². The quantitative estimate of drug-likeness (QED) is 0.587. The average molecular weight is 304 g/mol. The van der Waals surface area contributed by atoms with Crippen molar-refractivity contribution in [3.8, 4) is 0 Å². The molecule has 7 nitrogen and oxygen atoms in total. The van der Waals surface area contributed by atoms with Crippen LogP contribution in [0.4, 0.5) is 0 Å². The molecule has 2 amide bonds. The first-order chi connectivity index (χ1) is 9.47. The largest absolute Gasteiger partial charge is 0.481 e. The Hall–Kier alpha value is -1.28. The molecule has 1 rings (SSSR count). The van der Waals surface area contributed by atoms with Gasteiger partial charge in [-0.2, -0.15) is 11.8 Å². The van der Waals surface area contributed by atoms with Crippen molar-refractivity contribution in [2.45, 2.75) is 19.4 Å². The van der Waals surface area contributed by atoms with E-state index in [1.165, 1.54) is 11.8 Å². The molecule has 3 N–H and O–H groups in total. The number of amides is 2. The number of rotatable bonds is 8. The number of carboxylic acid groups (broad SMARTS) is 1. The van der Waals surface area contributed by atoms with Gasteiger partial charge in [0.15, 0.2) is 0 Å². The van der Waals surface area contributed by atoms with Crippen LogP contribution >= 0.6 is 11.8 Å². The monoisotopic (exact) mass is 304 g/mol. The van der Waals surface area contributed by atoms with Crippen molar-refractivity contribution >= 4 is 29.5 Å². The van der Waals surface area contributed by atoms with Gasteiger partial charge < -0.3 is 20.5 Å². The standard InChI is InChI=1S/C12H20N2O5S/c1-2-14(9-6-19-5-8(9)12(17)18)11(16)3-4-20-7-10(13)15/h8-9H,2-7H2,1H3,(H2,13,15)(H,17,18). The second-order valence-electron chi connectivity index (χ2n) is 4.50. The summed E-state index contributed by atoms with van der Waals surface area (Å²) >= 11 is 1.30. The van der Waals surface area contributed by atoms with E-state index in [0.29, 0.717) is 12.3 Å². The van der Waals surface area contributed by atoms with Gasteiger partial charge >= 0.3 is 5.97 Å². The van der Waals surface area contributed by atoms with E-state index in [4.69, 9.17) is 15.6 Å². The highest BCUT2D eigenvalue weighted by atomic mass is 32.2. The van der Waals surface area contributed by atoms with E-state index in [-0.39, 0.29) is 31.3 Å². The number of ether oxygens (including phenoxy) is 1. The molecule has 1 heterocycles. The van der Waals surface area contributed by atoms with E-state index in [0.717, 1.165) is 0 Å². The molecule has 1 aliphatic rings. The van der Waals surface area contributed by atoms with Crippen LogP contribution < -0.4 is 5.73 Å². The lowest BCUT2D eigenvalue weighted by atomic mass is 10.0. The zero-order chi connectivity index (χ0) is 15.1. The van der Waals surface area contributed by atoms with E-state index in [1.807, 2.05) is 6.92 Å². The number of likely N-dealkylation sites (N-methyl/N-ethyl adjacent to an activating group) is 1. The van der Waals surface area contributed by atoms with E-state index in [9.17, 15) is 14.4 Å². The molecule has 0 radical (unpaired) electrons. The normalized spacial score (nSPS) is 21.6. The Morgan fingerprint density at radius 2 is 2.10 bits per heavy atom. The fraction of sp³-hybridized carbons (Fsp3) is 0.750. The lowest BCUT2D eigenvalue weighted by Crippen LogP contribution is -2.46. The SMILES string of the molecule is CCN(C(=O)CCSCC(N)=O)C1COCC1C(=O)O. The Morgan fingerprint density at radius 1 is 1.40 bits per heavy atom. The highest BCUT2D eigenvalue weighted by molar-refractivity contribution is 7.99. The second-order valence-corrected chi connectivity index (χ2v) is 5.60. The van der Waals surface area contributed by atoms with Gasteiger partial charge in [0.1, 0.15) is 5.92 Å². The van der Waals surface area contributed by atoms with Crippen molar-refractivity contribution in [1.29, 1.82) is 0 Å². The summed E-state index contributed by atoms with van der Waals surface area (Å²) in [7, 11) is 0. The van der Waals surface area contributed by atoms with Crippen LogP contribution in [0.3, 0.4) is 0 Å². The minimum atomic E-state index is -0.943. The molecule has 0 aromatic heterocycles. The van der Waals surface area contributed by atoms with Crippen LogP contribution in [-0.4, -0.2) is 65.1 Å². The smallest absolute Gasteiger partial charge is 0.311 e. The number of carbonyl (C=O) groups is 3. The molecule has 1 fully saturated rings. The minimum absolute atomic E-state index is 0.119. The van der Waals surface area contributed by atoms with Crippen LogP contribution in [0.2, 0.25) is 0 Å². The molecular weight excluding hydrogens is 284 g/mol. The van der Waals surface area contributed by atoms with Crippen molar-refractivity contribution in [2.24, 2.45) is 11.7 Å². The van der Waals surface area contributed by atoms with E-state index >= 15 is 0 Å². The maximum atomic E-state index is 12.1. The molecule has 0 aliphatic carbocycles. The first kappa shape index (κ1) is 16.8. The van der Waals surface area contributed by atoms with E-state index < -0.39 is 23.8 Å². The van der Waals surface area contributed by atoms with Crippen molar-refractivity contribution in [3.63, 3.8) is 0 Å². The lowest BCUT2D eigenvalue weighted by molar-refractivity contribution is -0.145. The average Bonchev–Trinajstić information content (AvgIpc) is 2.84. The van der Waals surface area contributed by atoms with Gasteiger partial charge in [0.05, 0.1) is 25.0 Å². The predicted molar refractivity (Wildman–Crippen MR) is 74.3 cm³/mol. The predicted octanol–water partition coefficient (Wildman–Crippen LogP) is -0.457. The third kappa shape index (κ3) is 4.68. The number of carboxylic acids is 1. The second kappa shape index (κ2) is 8.11. The molecule has 0 aromatic carbocycles. The Labute approximate surface area is 121 Å². The first-order valence-electron chi connectivity index (χ1n) is 6.43. The Bertz CT molecular complexity index is 377. The van der Waals surface area contributed by atoms with Gasteiger partial charge in [-0.3, -0.25) is 14.4 Å². The zero-order valence-corrected chi connectivity index (χ0v) is 12.2. The summed E-state index contributed by atoms with van der Waals surface area (Å²) < 4.78 is 5.18. The van der Waals surface area contributed by atoms with Crippen LogP contribution in [0.1, 0.15) is 13.3 Å². The summed E-state index contributed by atoms with van der Waals surface area (Å²) in [6, 6.07) is -0.411. The van der Waals surface area contributed by atoms with Gasteiger partial charge in [0, 0.05) is 18.7 Å². The summed E-state index contributed by atoms with van der Waals surface area (Å²) in [6.45, 7) is 2.65. The highest BCUT2D eigenvalue weighted by Crippen LogP contribution is 2.21. The lowest BCUT2D eigenvalue weighted by Gasteiger charge is -2.29. The molecule has 8 heteroatoms. The van der Waals surface area contributed by atoms with Gasteiger partial charge in [-0.1, -0.05) is 0 Å². The molecule has 1 saturated heterocycles. The Morgan fingerprint density at radius 3 is 2.65 bits per heavy atom.